The van der Waals surface area contributed by atoms with Crippen LogP contribution in [0.2, 0.25) is 0 Å². The van der Waals surface area contributed by atoms with E-state index in [1.807, 2.05) is 25.2 Å². The highest BCUT2D eigenvalue weighted by atomic mass is 16.5. The van der Waals surface area contributed by atoms with Crippen LogP contribution in [0.25, 0.3) is 0 Å². The molecule has 1 heterocycles. The number of benzene rings is 1. The number of hydrogen-bond acceptors (Lipinski definition) is 4. The largest absolute Gasteiger partial charge is 0.496 e. The molecule has 0 spiro atoms. The third-order valence-electron chi connectivity index (χ3n) is 5.20. The Balaban J connectivity index is 1.66. The summed E-state index contributed by atoms with van der Waals surface area (Å²) in [5.74, 6) is 2.40. The molecule has 0 amide bonds. The van der Waals surface area contributed by atoms with Crippen LogP contribution in [0.4, 0.5) is 0 Å². The fourth-order valence-corrected chi connectivity index (χ4v) is 3.51. The van der Waals surface area contributed by atoms with E-state index in [1.54, 1.807) is 7.11 Å². The van der Waals surface area contributed by atoms with Crippen LogP contribution in [0.15, 0.2) is 29.3 Å². The number of methoxy groups -OCH3 is 1. The van der Waals surface area contributed by atoms with Gasteiger partial charge in [-0.05, 0) is 30.5 Å². The summed E-state index contributed by atoms with van der Waals surface area (Å²) >= 11 is 0. The number of nitrogens with one attached hydrogen (secondary N) is 2. The number of nitrogens with zero attached hydrogens (tertiary/aromatic N) is 3. The number of rotatable bonds is 9. The van der Waals surface area contributed by atoms with Crippen LogP contribution in [0.1, 0.15) is 19.4 Å². The van der Waals surface area contributed by atoms with Gasteiger partial charge in [-0.25, -0.2) is 0 Å². The van der Waals surface area contributed by atoms with Crippen LogP contribution in [0.3, 0.4) is 0 Å². The third kappa shape index (κ3) is 7.39. The van der Waals surface area contributed by atoms with Crippen LogP contribution in [-0.4, -0.2) is 82.3 Å². The number of guanidine groups is 1. The molecule has 0 aliphatic carbocycles. The first-order valence-electron chi connectivity index (χ1n) is 10.2. The molecule has 1 aromatic rings. The smallest absolute Gasteiger partial charge is 0.190 e. The maximum atomic E-state index is 5.41. The molecule has 6 heteroatoms. The van der Waals surface area contributed by atoms with E-state index in [0.717, 1.165) is 37.8 Å². The van der Waals surface area contributed by atoms with Gasteiger partial charge in [0.25, 0.3) is 0 Å². The van der Waals surface area contributed by atoms with Crippen molar-refractivity contribution in [2.45, 2.75) is 20.3 Å². The summed E-state index contributed by atoms with van der Waals surface area (Å²) in [4.78, 5) is 9.44. The number of likely N-dealkylation sites (N-methyl/N-ethyl adjacent to an activating group) is 1. The Morgan fingerprint density at radius 3 is 2.52 bits per heavy atom. The Kier molecular flexibility index (Phi) is 9.42. The van der Waals surface area contributed by atoms with Crippen molar-refractivity contribution in [3.63, 3.8) is 0 Å². The average Bonchev–Trinajstić information content (AvgIpc) is 2.71. The molecule has 0 saturated carbocycles. The lowest BCUT2D eigenvalue weighted by Gasteiger charge is -2.35. The monoisotopic (exact) mass is 375 g/mol. The summed E-state index contributed by atoms with van der Waals surface area (Å²) < 4.78 is 5.41. The standard InChI is InChI=1S/C21H37N5O/c1-5-25-12-14-26(15-13-25)17-18(2)16-24-21(22-3)23-11-10-19-8-6-7-9-20(19)27-4/h6-9,18H,5,10-17H2,1-4H3,(H2,22,23,24). The second kappa shape index (κ2) is 11.8. The number of aliphatic imine (C=N–C) groups is 1. The van der Waals surface area contributed by atoms with Crippen LogP contribution in [0.5, 0.6) is 5.75 Å². The van der Waals surface area contributed by atoms with E-state index in [1.165, 1.54) is 38.3 Å². The Bertz CT molecular complexity index is 569. The van der Waals surface area contributed by atoms with Crippen molar-refractivity contribution < 1.29 is 4.74 Å². The first-order chi connectivity index (χ1) is 13.2. The van der Waals surface area contributed by atoms with E-state index in [2.05, 4.69) is 45.3 Å². The quantitative estimate of drug-likeness (QED) is 0.508. The van der Waals surface area contributed by atoms with Gasteiger partial charge in [-0.3, -0.25) is 4.99 Å². The van der Waals surface area contributed by atoms with Crippen LogP contribution in [-0.2, 0) is 6.42 Å². The van der Waals surface area contributed by atoms with Gasteiger partial charge in [0.15, 0.2) is 5.96 Å². The number of piperazine rings is 1. The van der Waals surface area contributed by atoms with Crippen molar-refractivity contribution in [3.05, 3.63) is 29.8 Å². The summed E-state index contributed by atoms with van der Waals surface area (Å²) in [5.41, 5.74) is 1.21. The van der Waals surface area contributed by atoms with Crippen molar-refractivity contribution in [3.8, 4) is 5.75 Å². The van der Waals surface area contributed by atoms with E-state index >= 15 is 0 Å². The van der Waals surface area contributed by atoms with Crippen LogP contribution >= 0.6 is 0 Å². The van der Waals surface area contributed by atoms with Crippen molar-refractivity contribution in [1.82, 2.24) is 20.4 Å². The molecule has 2 N–H and O–H groups in total. The van der Waals surface area contributed by atoms with Gasteiger partial charge in [0.2, 0.25) is 0 Å². The molecule has 0 aromatic heterocycles. The molecule has 0 radical (unpaired) electrons. The van der Waals surface area contributed by atoms with Gasteiger partial charge in [0.1, 0.15) is 5.75 Å². The molecule has 6 nitrogen and oxygen atoms in total. The first-order valence-corrected chi connectivity index (χ1v) is 10.2. The Labute approximate surface area is 165 Å². The van der Waals surface area contributed by atoms with Gasteiger partial charge in [-0.1, -0.05) is 32.0 Å². The van der Waals surface area contributed by atoms with E-state index < -0.39 is 0 Å². The SMILES string of the molecule is CCN1CCN(CC(C)CNC(=NC)NCCc2ccccc2OC)CC1. The highest BCUT2D eigenvalue weighted by Gasteiger charge is 2.17. The molecular formula is C21H37N5O. The average molecular weight is 376 g/mol. The second-order valence-electron chi connectivity index (χ2n) is 7.28. The molecule has 27 heavy (non-hydrogen) atoms. The fraction of sp³-hybridized carbons (Fsp3) is 0.667. The highest BCUT2D eigenvalue weighted by Crippen LogP contribution is 2.17. The Morgan fingerprint density at radius 2 is 1.85 bits per heavy atom. The van der Waals surface area contributed by atoms with Crippen molar-refractivity contribution in [1.29, 1.82) is 0 Å². The zero-order valence-electron chi connectivity index (χ0n) is 17.5. The molecule has 1 saturated heterocycles. The lowest BCUT2D eigenvalue weighted by Crippen LogP contribution is -2.48. The molecular weight excluding hydrogens is 338 g/mol. The molecule has 1 fully saturated rings. The van der Waals surface area contributed by atoms with Crippen molar-refractivity contribution in [2.24, 2.45) is 10.9 Å². The molecule has 0 bridgehead atoms. The molecule has 1 aliphatic rings. The minimum Gasteiger partial charge on any atom is -0.496 e. The van der Waals surface area contributed by atoms with Crippen molar-refractivity contribution in [2.75, 3.05) is 66.5 Å². The lowest BCUT2D eigenvalue weighted by molar-refractivity contribution is 0.124. The van der Waals surface area contributed by atoms with E-state index in [9.17, 15) is 0 Å². The van der Waals surface area contributed by atoms with Crippen LogP contribution < -0.4 is 15.4 Å². The number of para-hydroxylation sites is 1. The molecule has 1 aliphatic heterocycles. The normalized spacial score (nSPS) is 17.6. The van der Waals surface area contributed by atoms with E-state index in [4.69, 9.17) is 4.74 Å². The molecule has 1 aromatic carbocycles. The van der Waals surface area contributed by atoms with Gasteiger partial charge in [-0.2, -0.15) is 0 Å². The summed E-state index contributed by atoms with van der Waals surface area (Å²) in [6.07, 6.45) is 0.905. The second-order valence-corrected chi connectivity index (χ2v) is 7.28. The van der Waals surface area contributed by atoms with Gasteiger partial charge in [0.05, 0.1) is 7.11 Å². The Hall–Kier alpha value is -1.79. The maximum Gasteiger partial charge on any atom is 0.190 e. The number of hydrogen-bond donors (Lipinski definition) is 2. The predicted octanol–water partition coefficient (Wildman–Crippen LogP) is 1.68. The molecule has 1 atom stereocenters. The first kappa shape index (κ1) is 21.5. The van der Waals surface area contributed by atoms with Gasteiger partial charge >= 0.3 is 0 Å². The highest BCUT2D eigenvalue weighted by molar-refractivity contribution is 5.79. The summed E-state index contributed by atoms with van der Waals surface area (Å²) in [6.45, 7) is 13.4. The van der Waals surface area contributed by atoms with E-state index in [-0.39, 0.29) is 0 Å². The minimum atomic E-state index is 0.589. The fourth-order valence-electron chi connectivity index (χ4n) is 3.51. The van der Waals surface area contributed by atoms with Gasteiger partial charge < -0.3 is 25.2 Å². The van der Waals surface area contributed by atoms with Crippen molar-refractivity contribution >= 4 is 5.96 Å². The summed E-state index contributed by atoms with van der Waals surface area (Å²) in [6, 6.07) is 8.16. The lowest BCUT2D eigenvalue weighted by atomic mass is 10.1. The Morgan fingerprint density at radius 1 is 1.15 bits per heavy atom. The van der Waals surface area contributed by atoms with Crippen LogP contribution in [0, 0.1) is 5.92 Å². The summed E-state index contributed by atoms with van der Waals surface area (Å²) in [7, 11) is 3.54. The van der Waals surface area contributed by atoms with E-state index in [0.29, 0.717) is 5.92 Å². The summed E-state index contributed by atoms with van der Waals surface area (Å²) in [5, 5.41) is 6.87. The topological polar surface area (TPSA) is 52.1 Å². The zero-order chi connectivity index (χ0) is 19.5. The third-order valence-corrected chi connectivity index (χ3v) is 5.20. The molecule has 2 rings (SSSR count). The molecule has 1 unspecified atom stereocenters. The minimum absolute atomic E-state index is 0.589. The predicted molar refractivity (Wildman–Crippen MR) is 114 cm³/mol. The number of ether oxygens (including phenoxy) is 1. The molecule has 152 valence electrons. The van der Waals surface area contributed by atoms with Gasteiger partial charge in [-0.15, -0.1) is 0 Å². The maximum absolute atomic E-state index is 5.41. The van der Waals surface area contributed by atoms with Gasteiger partial charge in [0, 0.05) is 52.9 Å². The zero-order valence-corrected chi connectivity index (χ0v) is 17.5.